The molecule has 4 aromatic rings. The van der Waals surface area contributed by atoms with Gasteiger partial charge in [0.2, 0.25) is 0 Å². The Morgan fingerprint density at radius 2 is 1.68 bits per heavy atom. The molecule has 0 bridgehead atoms. The van der Waals surface area contributed by atoms with Crippen molar-refractivity contribution in [1.82, 2.24) is 5.32 Å². The average molecular weight is 473 g/mol. The highest BCUT2D eigenvalue weighted by atomic mass is 35.5. The Bertz CT molecular complexity index is 1470. The number of benzene rings is 4. The number of nitro groups is 1. The number of halogens is 1. The summed E-state index contributed by atoms with van der Waals surface area (Å²) in [5, 5.41) is 15.9. The zero-order valence-electron chi connectivity index (χ0n) is 17.7. The van der Waals surface area contributed by atoms with E-state index >= 15 is 0 Å². The molecule has 7 nitrogen and oxygen atoms in total. The van der Waals surface area contributed by atoms with Gasteiger partial charge in [0, 0.05) is 24.1 Å². The topological polar surface area (TPSA) is 98.5 Å². The zero-order valence-corrected chi connectivity index (χ0v) is 18.4. The molecular weight excluding hydrogens is 456 g/mol. The third kappa shape index (κ3) is 3.56. The van der Waals surface area contributed by atoms with Crippen molar-refractivity contribution in [3.63, 3.8) is 0 Å². The van der Waals surface area contributed by atoms with Crippen LogP contribution in [0.15, 0.2) is 84.9 Å². The number of nitro benzene ring substituents is 1. The van der Waals surface area contributed by atoms with Crippen molar-refractivity contribution in [2.24, 2.45) is 0 Å². The van der Waals surface area contributed by atoms with Crippen molar-refractivity contribution in [1.29, 1.82) is 0 Å². The number of nitrogens with zero attached hydrogens (tertiary/aromatic N) is 1. The van der Waals surface area contributed by atoms with E-state index in [9.17, 15) is 19.7 Å². The van der Waals surface area contributed by atoms with Gasteiger partial charge in [0.25, 0.3) is 11.6 Å². The van der Waals surface area contributed by atoms with Gasteiger partial charge in [-0.3, -0.25) is 14.9 Å². The average Bonchev–Trinajstić information content (AvgIpc) is 3.10. The molecule has 0 saturated heterocycles. The predicted molar refractivity (Wildman–Crippen MR) is 127 cm³/mol. The van der Waals surface area contributed by atoms with Crippen molar-refractivity contribution in [2.75, 3.05) is 0 Å². The fourth-order valence-corrected chi connectivity index (χ4v) is 4.55. The van der Waals surface area contributed by atoms with Crippen LogP contribution >= 0.6 is 11.6 Å². The van der Waals surface area contributed by atoms with Crippen molar-refractivity contribution in [3.05, 3.63) is 117 Å². The molecule has 1 heterocycles. The van der Waals surface area contributed by atoms with Gasteiger partial charge >= 0.3 is 5.97 Å². The summed E-state index contributed by atoms with van der Waals surface area (Å²) in [6, 6.07) is 23.5. The van der Waals surface area contributed by atoms with Crippen molar-refractivity contribution in [3.8, 4) is 5.75 Å². The van der Waals surface area contributed by atoms with E-state index in [0.29, 0.717) is 16.9 Å². The molecule has 168 valence electrons. The number of non-ortho nitro benzene ring substituents is 1. The molecule has 1 N–H and O–H groups in total. The Hall–Kier alpha value is -4.23. The summed E-state index contributed by atoms with van der Waals surface area (Å²) in [7, 11) is 0. The lowest BCUT2D eigenvalue weighted by Crippen LogP contribution is -2.52. The summed E-state index contributed by atoms with van der Waals surface area (Å²) in [5.41, 5.74) is -0.272. The summed E-state index contributed by atoms with van der Waals surface area (Å²) in [6.07, 6.45) is 0.0288. The minimum absolute atomic E-state index is 0.0288. The number of esters is 1. The van der Waals surface area contributed by atoms with Gasteiger partial charge in [0.05, 0.1) is 15.5 Å². The summed E-state index contributed by atoms with van der Waals surface area (Å²) in [5.74, 6) is -0.826. The summed E-state index contributed by atoms with van der Waals surface area (Å²) in [6.45, 7) is 0. The first-order chi connectivity index (χ1) is 16.4. The quantitative estimate of drug-likeness (QED) is 0.186. The molecule has 0 saturated carbocycles. The van der Waals surface area contributed by atoms with E-state index in [-0.39, 0.29) is 22.7 Å². The van der Waals surface area contributed by atoms with Crippen LogP contribution in [0.4, 0.5) is 5.69 Å². The van der Waals surface area contributed by atoms with Crippen LogP contribution in [0.5, 0.6) is 5.75 Å². The van der Waals surface area contributed by atoms with Gasteiger partial charge in [0.1, 0.15) is 5.75 Å². The van der Waals surface area contributed by atoms with E-state index in [1.165, 1.54) is 12.1 Å². The molecule has 8 heteroatoms. The minimum atomic E-state index is -1.57. The van der Waals surface area contributed by atoms with Gasteiger partial charge in [-0.05, 0) is 34.5 Å². The van der Waals surface area contributed by atoms with Crippen LogP contribution in [0.1, 0.15) is 21.5 Å². The van der Waals surface area contributed by atoms with Crippen LogP contribution in [-0.2, 0) is 16.8 Å². The molecule has 0 aliphatic carbocycles. The third-order valence-electron chi connectivity index (χ3n) is 5.93. The fraction of sp³-hybridized carbons (Fsp3) is 0.0769. The molecule has 1 aliphatic heterocycles. The molecule has 0 fully saturated rings. The van der Waals surface area contributed by atoms with Gasteiger partial charge < -0.3 is 10.1 Å². The number of hydrogen-bond acceptors (Lipinski definition) is 5. The van der Waals surface area contributed by atoms with E-state index < -0.39 is 22.3 Å². The molecule has 0 spiro atoms. The van der Waals surface area contributed by atoms with Crippen LogP contribution in [0.2, 0.25) is 5.02 Å². The third-order valence-corrected chi connectivity index (χ3v) is 6.26. The lowest BCUT2D eigenvalue weighted by atomic mass is 9.82. The van der Waals surface area contributed by atoms with Crippen LogP contribution < -0.4 is 10.1 Å². The predicted octanol–water partition coefficient (Wildman–Crippen LogP) is 5.19. The molecule has 5 rings (SSSR count). The Balaban J connectivity index is 1.68. The smallest absolute Gasteiger partial charge is 0.342 e. The highest BCUT2D eigenvalue weighted by Crippen LogP contribution is 2.45. The number of carbonyl (C=O) groups excluding carboxylic acids is 2. The maximum Gasteiger partial charge on any atom is 0.342 e. The second-order valence-electron chi connectivity index (χ2n) is 7.99. The number of amides is 1. The summed E-state index contributed by atoms with van der Waals surface area (Å²) in [4.78, 5) is 37.4. The SMILES string of the molecule is O=C(NC1(Cc2ccc([N+](=O)[O-])cc2)C(=O)Oc2ccc3ccccc3c21)c1ccccc1Cl. The van der Waals surface area contributed by atoms with E-state index in [0.717, 1.165) is 10.8 Å². The van der Waals surface area contributed by atoms with E-state index in [4.69, 9.17) is 16.3 Å². The van der Waals surface area contributed by atoms with Crippen molar-refractivity contribution >= 4 is 39.9 Å². The minimum Gasteiger partial charge on any atom is -0.424 e. The Morgan fingerprint density at radius 3 is 2.41 bits per heavy atom. The van der Waals surface area contributed by atoms with Crippen molar-refractivity contribution in [2.45, 2.75) is 12.0 Å². The van der Waals surface area contributed by atoms with Gasteiger partial charge in [-0.15, -0.1) is 0 Å². The maximum absolute atomic E-state index is 13.4. The molecule has 0 aromatic heterocycles. The Labute approximate surface area is 199 Å². The van der Waals surface area contributed by atoms with Crippen LogP contribution in [0.3, 0.4) is 0 Å². The van der Waals surface area contributed by atoms with Crippen LogP contribution in [0.25, 0.3) is 10.8 Å². The number of carbonyl (C=O) groups is 2. The molecular formula is C26H17ClN2O5. The molecule has 1 amide bonds. The van der Waals surface area contributed by atoms with Gasteiger partial charge in [-0.2, -0.15) is 0 Å². The summed E-state index contributed by atoms with van der Waals surface area (Å²) >= 11 is 6.25. The van der Waals surface area contributed by atoms with Gasteiger partial charge in [-0.1, -0.05) is 66.2 Å². The first-order valence-electron chi connectivity index (χ1n) is 10.4. The molecule has 1 unspecified atom stereocenters. The van der Waals surface area contributed by atoms with Gasteiger partial charge in [0.15, 0.2) is 5.54 Å². The number of ether oxygens (including phenoxy) is 1. The van der Waals surface area contributed by atoms with Crippen LogP contribution in [-0.4, -0.2) is 16.8 Å². The molecule has 0 radical (unpaired) electrons. The standard InChI is InChI=1S/C26H17ClN2O5/c27-21-8-4-3-7-20(21)24(30)28-26(15-16-9-12-18(13-10-16)29(32)33)23-19-6-2-1-5-17(19)11-14-22(23)34-25(26)31/h1-14H,15H2,(H,28,30). The number of rotatable bonds is 5. The molecule has 1 atom stereocenters. The highest BCUT2D eigenvalue weighted by Gasteiger charge is 2.51. The summed E-state index contributed by atoms with van der Waals surface area (Å²) < 4.78 is 5.64. The lowest BCUT2D eigenvalue weighted by molar-refractivity contribution is -0.384. The Kier molecular flexibility index (Phi) is 5.26. The second-order valence-corrected chi connectivity index (χ2v) is 8.40. The number of fused-ring (bicyclic) bond motifs is 3. The number of hydrogen-bond donors (Lipinski definition) is 1. The normalized spacial score (nSPS) is 16.7. The van der Waals surface area contributed by atoms with E-state index in [1.807, 2.05) is 30.3 Å². The zero-order chi connectivity index (χ0) is 23.9. The largest absolute Gasteiger partial charge is 0.424 e. The van der Waals surface area contributed by atoms with E-state index in [1.54, 1.807) is 42.5 Å². The molecule has 34 heavy (non-hydrogen) atoms. The molecule has 4 aromatic carbocycles. The first-order valence-corrected chi connectivity index (χ1v) is 10.8. The number of nitrogens with one attached hydrogen (secondary N) is 1. The van der Waals surface area contributed by atoms with Gasteiger partial charge in [-0.25, -0.2) is 4.79 Å². The monoisotopic (exact) mass is 472 g/mol. The highest BCUT2D eigenvalue weighted by molar-refractivity contribution is 6.33. The molecule has 1 aliphatic rings. The first kappa shape index (κ1) is 21.6. The Morgan fingerprint density at radius 1 is 0.971 bits per heavy atom. The van der Waals surface area contributed by atoms with E-state index in [2.05, 4.69) is 5.32 Å². The lowest BCUT2D eigenvalue weighted by Gasteiger charge is -2.28. The maximum atomic E-state index is 13.4. The van der Waals surface area contributed by atoms with Crippen molar-refractivity contribution < 1.29 is 19.2 Å². The van der Waals surface area contributed by atoms with Crippen LogP contribution in [0, 0.1) is 10.1 Å². The fourth-order valence-electron chi connectivity index (χ4n) is 4.33. The second kappa shape index (κ2) is 8.28.